The SMILES string of the molecule is COc1ccccc1CNC(=O)[C@@H]1COC(=O)N1Cc1ccc(C#N)cc1. The van der Waals surface area contributed by atoms with Crippen LogP contribution in [0.3, 0.4) is 0 Å². The van der Waals surface area contributed by atoms with Gasteiger partial charge in [-0.1, -0.05) is 30.3 Å². The van der Waals surface area contributed by atoms with E-state index in [9.17, 15) is 9.59 Å². The summed E-state index contributed by atoms with van der Waals surface area (Å²) in [6.07, 6.45) is -0.531. The van der Waals surface area contributed by atoms with Gasteiger partial charge in [0.25, 0.3) is 0 Å². The Kier molecular flexibility index (Phi) is 5.57. The number of benzene rings is 2. The molecule has 1 fully saturated rings. The van der Waals surface area contributed by atoms with Gasteiger partial charge in [-0.15, -0.1) is 0 Å². The van der Waals surface area contributed by atoms with Crippen molar-refractivity contribution < 1.29 is 19.1 Å². The lowest BCUT2D eigenvalue weighted by Crippen LogP contribution is -2.45. The van der Waals surface area contributed by atoms with E-state index in [1.165, 1.54) is 4.90 Å². The highest BCUT2D eigenvalue weighted by Gasteiger charge is 2.37. The Morgan fingerprint density at radius 1 is 1.30 bits per heavy atom. The second kappa shape index (κ2) is 8.23. The third-order valence-electron chi connectivity index (χ3n) is 4.36. The number of ether oxygens (including phenoxy) is 2. The van der Waals surface area contributed by atoms with Gasteiger partial charge in [-0.05, 0) is 23.8 Å². The molecule has 27 heavy (non-hydrogen) atoms. The van der Waals surface area contributed by atoms with Gasteiger partial charge in [-0.2, -0.15) is 5.26 Å². The summed E-state index contributed by atoms with van der Waals surface area (Å²) in [7, 11) is 1.57. The summed E-state index contributed by atoms with van der Waals surface area (Å²) < 4.78 is 10.3. The van der Waals surface area contributed by atoms with Crippen molar-refractivity contribution in [3.8, 4) is 11.8 Å². The lowest BCUT2D eigenvalue weighted by atomic mass is 10.1. The number of para-hydroxylation sites is 1. The summed E-state index contributed by atoms with van der Waals surface area (Å²) >= 11 is 0. The molecule has 138 valence electrons. The maximum Gasteiger partial charge on any atom is 0.410 e. The molecular formula is C20H19N3O4. The van der Waals surface area contributed by atoms with Gasteiger partial charge in [-0.25, -0.2) is 4.79 Å². The van der Waals surface area contributed by atoms with Gasteiger partial charge in [0.2, 0.25) is 5.91 Å². The molecule has 1 atom stereocenters. The van der Waals surface area contributed by atoms with Crippen LogP contribution in [0.2, 0.25) is 0 Å². The van der Waals surface area contributed by atoms with Crippen LogP contribution in [0.5, 0.6) is 5.75 Å². The first-order chi connectivity index (χ1) is 13.1. The molecule has 3 rings (SSSR count). The second-order valence-electron chi connectivity index (χ2n) is 6.06. The molecule has 1 heterocycles. The molecule has 7 nitrogen and oxygen atoms in total. The van der Waals surface area contributed by atoms with Gasteiger partial charge in [0.1, 0.15) is 18.4 Å². The van der Waals surface area contributed by atoms with Crippen LogP contribution >= 0.6 is 0 Å². The zero-order valence-electron chi connectivity index (χ0n) is 14.8. The summed E-state index contributed by atoms with van der Waals surface area (Å²) in [6, 6.07) is 15.6. The minimum absolute atomic E-state index is 0.00682. The fourth-order valence-corrected chi connectivity index (χ4v) is 2.87. The fraction of sp³-hybridized carbons (Fsp3) is 0.250. The van der Waals surface area contributed by atoms with E-state index in [0.29, 0.717) is 11.3 Å². The zero-order chi connectivity index (χ0) is 19.2. The normalized spacial score (nSPS) is 15.8. The number of nitrogens with one attached hydrogen (secondary N) is 1. The number of carbonyl (C=O) groups is 2. The molecule has 2 aromatic carbocycles. The number of rotatable bonds is 6. The molecule has 0 radical (unpaired) electrons. The zero-order valence-corrected chi connectivity index (χ0v) is 14.8. The van der Waals surface area contributed by atoms with E-state index >= 15 is 0 Å². The molecule has 0 aromatic heterocycles. The van der Waals surface area contributed by atoms with E-state index in [4.69, 9.17) is 14.7 Å². The van der Waals surface area contributed by atoms with Crippen molar-refractivity contribution in [1.29, 1.82) is 5.26 Å². The van der Waals surface area contributed by atoms with Crippen LogP contribution in [0.1, 0.15) is 16.7 Å². The minimum atomic E-state index is -0.706. The Bertz CT molecular complexity index is 874. The van der Waals surface area contributed by atoms with Crippen LogP contribution in [0.15, 0.2) is 48.5 Å². The Morgan fingerprint density at radius 2 is 2.04 bits per heavy atom. The molecular weight excluding hydrogens is 346 g/mol. The van der Waals surface area contributed by atoms with Crippen LogP contribution in [0.25, 0.3) is 0 Å². The number of hydrogen-bond donors (Lipinski definition) is 1. The summed E-state index contributed by atoms with van der Waals surface area (Å²) in [5, 5.41) is 11.7. The average Bonchev–Trinajstić information content (AvgIpc) is 3.07. The van der Waals surface area contributed by atoms with Gasteiger partial charge in [0, 0.05) is 12.1 Å². The summed E-state index contributed by atoms with van der Waals surface area (Å²) in [6.45, 7) is 0.530. The van der Waals surface area contributed by atoms with Gasteiger partial charge < -0.3 is 14.8 Å². The van der Waals surface area contributed by atoms with Crippen LogP contribution in [-0.2, 0) is 22.6 Å². The van der Waals surface area contributed by atoms with Crippen molar-refractivity contribution in [3.05, 3.63) is 65.2 Å². The molecule has 0 bridgehead atoms. The molecule has 1 saturated heterocycles. The van der Waals surface area contributed by atoms with Crippen molar-refractivity contribution >= 4 is 12.0 Å². The maximum atomic E-state index is 12.6. The number of nitriles is 1. The summed E-state index contributed by atoms with van der Waals surface area (Å²) in [5.41, 5.74) is 2.20. The van der Waals surface area contributed by atoms with E-state index < -0.39 is 12.1 Å². The first-order valence-electron chi connectivity index (χ1n) is 8.44. The summed E-state index contributed by atoms with van der Waals surface area (Å²) in [4.78, 5) is 26.0. The van der Waals surface area contributed by atoms with Crippen molar-refractivity contribution in [2.75, 3.05) is 13.7 Å². The average molecular weight is 365 g/mol. The number of methoxy groups -OCH3 is 1. The van der Waals surface area contributed by atoms with Crippen LogP contribution in [0.4, 0.5) is 4.79 Å². The second-order valence-corrected chi connectivity index (χ2v) is 6.06. The third-order valence-corrected chi connectivity index (χ3v) is 4.36. The Balaban J connectivity index is 1.65. The standard InChI is InChI=1S/C20H19N3O4/c1-26-18-5-3-2-4-16(18)11-22-19(24)17-13-27-20(25)23(17)12-15-8-6-14(10-21)7-9-15/h2-9,17H,11-13H2,1H3,(H,22,24)/t17-/m0/s1. The highest BCUT2D eigenvalue weighted by Crippen LogP contribution is 2.19. The topological polar surface area (TPSA) is 91.7 Å². The molecule has 0 spiro atoms. The quantitative estimate of drug-likeness (QED) is 0.847. The number of hydrogen-bond acceptors (Lipinski definition) is 5. The Morgan fingerprint density at radius 3 is 2.74 bits per heavy atom. The highest BCUT2D eigenvalue weighted by atomic mass is 16.6. The van der Waals surface area contributed by atoms with Gasteiger partial charge >= 0.3 is 6.09 Å². The van der Waals surface area contributed by atoms with E-state index in [1.807, 2.05) is 30.3 Å². The molecule has 0 aliphatic carbocycles. The molecule has 0 unspecified atom stereocenters. The molecule has 1 aliphatic heterocycles. The van der Waals surface area contributed by atoms with Gasteiger partial charge in [0.05, 0.1) is 25.3 Å². The molecule has 1 aliphatic rings. The van der Waals surface area contributed by atoms with Crippen molar-refractivity contribution in [2.24, 2.45) is 0 Å². The number of carbonyl (C=O) groups excluding carboxylic acids is 2. The smallest absolute Gasteiger partial charge is 0.410 e. The lowest BCUT2D eigenvalue weighted by molar-refractivity contribution is -0.125. The molecule has 7 heteroatoms. The Labute approximate surface area is 157 Å². The maximum absolute atomic E-state index is 12.6. The largest absolute Gasteiger partial charge is 0.496 e. The van der Waals surface area contributed by atoms with Gasteiger partial charge in [0.15, 0.2) is 0 Å². The van der Waals surface area contributed by atoms with E-state index in [0.717, 1.165) is 11.1 Å². The lowest BCUT2D eigenvalue weighted by Gasteiger charge is -2.21. The molecule has 2 aromatic rings. The predicted molar refractivity (Wildman–Crippen MR) is 96.7 cm³/mol. The predicted octanol–water partition coefficient (Wildman–Crippen LogP) is 2.20. The van der Waals surface area contributed by atoms with E-state index in [1.54, 1.807) is 31.4 Å². The first-order valence-corrected chi connectivity index (χ1v) is 8.44. The van der Waals surface area contributed by atoms with Crippen molar-refractivity contribution in [3.63, 3.8) is 0 Å². The summed E-state index contributed by atoms with van der Waals surface area (Å²) in [5.74, 6) is 0.395. The third kappa shape index (κ3) is 4.18. The number of nitrogens with zero attached hydrogens (tertiary/aromatic N) is 2. The number of amides is 2. The van der Waals surface area contributed by atoms with Crippen LogP contribution in [-0.4, -0.2) is 36.7 Å². The molecule has 2 amide bonds. The fourth-order valence-electron chi connectivity index (χ4n) is 2.87. The molecule has 0 saturated carbocycles. The van der Waals surface area contributed by atoms with Crippen LogP contribution in [0, 0.1) is 11.3 Å². The first kappa shape index (κ1) is 18.3. The van der Waals surface area contributed by atoms with Crippen molar-refractivity contribution in [2.45, 2.75) is 19.1 Å². The number of cyclic esters (lactones) is 1. The minimum Gasteiger partial charge on any atom is -0.496 e. The highest BCUT2D eigenvalue weighted by molar-refractivity contribution is 5.87. The van der Waals surface area contributed by atoms with Gasteiger partial charge in [-0.3, -0.25) is 9.69 Å². The van der Waals surface area contributed by atoms with E-state index in [2.05, 4.69) is 5.32 Å². The molecule has 1 N–H and O–H groups in total. The Hall–Kier alpha value is -3.53. The van der Waals surface area contributed by atoms with E-state index in [-0.39, 0.29) is 25.6 Å². The monoisotopic (exact) mass is 365 g/mol. The van der Waals surface area contributed by atoms with Crippen LogP contribution < -0.4 is 10.1 Å². The van der Waals surface area contributed by atoms with Crippen molar-refractivity contribution in [1.82, 2.24) is 10.2 Å².